The molecular weight excluding hydrogens is 416 g/mol. The third kappa shape index (κ3) is 4.86. The first-order valence-electron chi connectivity index (χ1n) is 9.82. The van der Waals surface area contributed by atoms with Crippen molar-refractivity contribution in [2.75, 3.05) is 26.0 Å². The summed E-state index contributed by atoms with van der Waals surface area (Å²) in [4.78, 5) is 28.7. The van der Waals surface area contributed by atoms with E-state index in [4.69, 9.17) is 16.3 Å². The van der Waals surface area contributed by atoms with E-state index in [2.05, 4.69) is 13.8 Å². The number of hydrogen-bond donors (Lipinski definition) is 0. The monoisotopic (exact) mass is 442 g/mol. The van der Waals surface area contributed by atoms with Crippen LogP contribution in [0, 0.1) is 5.92 Å². The summed E-state index contributed by atoms with van der Waals surface area (Å²) in [7, 11) is -3.39. The molecule has 0 aliphatic carbocycles. The van der Waals surface area contributed by atoms with Gasteiger partial charge in [0.25, 0.3) is 5.91 Å². The van der Waals surface area contributed by atoms with Crippen LogP contribution in [0.5, 0.6) is 0 Å². The molecule has 7 nitrogen and oxygen atoms in total. The lowest BCUT2D eigenvalue weighted by Crippen LogP contribution is -2.50. The second kappa shape index (κ2) is 8.52. The van der Waals surface area contributed by atoms with Gasteiger partial charge in [-0.05, 0) is 43.4 Å². The number of benzene rings is 1. The molecule has 2 aliphatic heterocycles. The molecule has 0 spiro atoms. The summed E-state index contributed by atoms with van der Waals surface area (Å²) in [5, 5.41) is 0.125. The average Bonchev–Trinajstić information content (AvgIpc) is 3.00. The number of carbonyl (C=O) groups excluding carboxylic acids is 2. The fourth-order valence-electron chi connectivity index (χ4n) is 4.06. The van der Waals surface area contributed by atoms with E-state index in [0.29, 0.717) is 38.5 Å². The molecule has 9 heteroatoms. The van der Waals surface area contributed by atoms with Crippen LogP contribution in [-0.2, 0) is 14.6 Å². The SMILES string of the molecule is CC(C)C[C@@H]1COC(=O)N1C1CCN(C(=O)c2ccc(S(C)(=O)=O)cc2Cl)CC1. The molecule has 2 aliphatic rings. The number of sulfone groups is 1. The van der Waals surface area contributed by atoms with E-state index in [1.54, 1.807) is 4.90 Å². The molecule has 2 heterocycles. The van der Waals surface area contributed by atoms with Gasteiger partial charge in [-0.15, -0.1) is 0 Å². The van der Waals surface area contributed by atoms with Gasteiger partial charge in [-0.25, -0.2) is 13.2 Å². The van der Waals surface area contributed by atoms with Crippen molar-refractivity contribution in [3.05, 3.63) is 28.8 Å². The lowest BCUT2D eigenvalue weighted by atomic mass is 9.98. The normalized spacial score (nSPS) is 21.0. The molecule has 0 radical (unpaired) electrons. The van der Waals surface area contributed by atoms with Gasteiger partial charge >= 0.3 is 6.09 Å². The van der Waals surface area contributed by atoms with Gasteiger partial charge in [-0.1, -0.05) is 25.4 Å². The molecule has 2 fully saturated rings. The molecule has 0 saturated carbocycles. The molecule has 0 unspecified atom stereocenters. The minimum Gasteiger partial charge on any atom is -0.447 e. The number of hydrogen-bond acceptors (Lipinski definition) is 5. The Balaban J connectivity index is 1.66. The molecule has 3 rings (SSSR count). The van der Waals surface area contributed by atoms with Crippen LogP contribution in [-0.4, -0.2) is 68.3 Å². The molecule has 2 saturated heterocycles. The van der Waals surface area contributed by atoms with Gasteiger partial charge in [0.1, 0.15) is 6.61 Å². The van der Waals surface area contributed by atoms with Crippen molar-refractivity contribution in [3.63, 3.8) is 0 Å². The van der Waals surface area contributed by atoms with E-state index >= 15 is 0 Å². The first kappa shape index (κ1) is 21.9. The molecule has 0 aromatic heterocycles. The van der Waals surface area contributed by atoms with Crippen molar-refractivity contribution >= 4 is 33.4 Å². The van der Waals surface area contributed by atoms with Crippen LogP contribution in [0.2, 0.25) is 5.02 Å². The smallest absolute Gasteiger partial charge is 0.410 e. The van der Waals surface area contributed by atoms with E-state index in [1.165, 1.54) is 18.2 Å². The summed E-state index contributed by atoms with van der Waals surface area (Å²) < 4.78 is 28.6. The van der Waals surface area contributed by atoms with Crippen LogP contribution in [0.25, 0.3) is 0 Å². The Hall–Kier alpha value is -1.80. The Morgan fingerprint density at radius 1 is 1.28 bits per heavy atom. The minimum atomic E-state index is -3.39. The molecular formula is C20H27ClN2O5S. The fourth-order valence-corrected chi connectivity index (χ4v) is 5.03. The van der Waals surface area contributed by atoms with Crippen molar-refractivity contribution in [2.24, 2.45) is 5.92 Å². The summed E-state index contributed by atoms with van der Waals surface area (Å²) in [6.07, 6.45) is 3.08. The molecule has 0 bridgehead atoms. The van der Waals surface area contributed by atoms with Gasteiger partial charge in [0.15, 0.2) is 9.84 Å². The summed E-state index contributed by atoms with van der Waals surface area (Å²) in [6, 6.07) is 4.32. The zero-order chi connectivity index (χ0) is 21.3. The van der Waals surface area contributed by atoms with Gasteiger partial charge in [0.05, 0.1) is 21.5 Å². The van der Waals surface area contributed by atoms with Gasteiger partial charge in [-0.3, -0.25) is 9.69 Å². The van der Waals surface area contributed by atoms with E-state index < -0.39 is 9.84 Å². The lowest BCUT2D eigenvalue weighted by molar-refractivity contribution is 0.0630. The fraction of sp³-hybridized carbons (Fsp3) is 0.600. The molecule has 2 amide bonds. The summed E-state index contributed by atoms with van der Waals surface area (Å²) in [6.45, 7) is 5.69. The van der Waals surface area contributed by atoms with Gasteiger partial charge in [-0.2, -0.15) is 0 Å². The molecule has 29 heavy (non-hydrogen) atoms. The number of cyclic esters (lactones) is 1. The Bertz CT molecular complexity index is 894. The highest BCUT2D eigenvalue weighted by molar-refractivity contribution is 7.90. The maximum absolute atomic E-state index is 12.9. The van der Waals surface area contributed by atoms with Crippen molar-refractivity contribution in [1.82, 2.24) is 9.80 Å². The number of nitrogens with zero attached hydrogens (tertiary/aromatic N) is 2. The number of piperidine rings is 1. The van der Waals surface area contributed by atoms with Crippen molar-refractivity contribution in [1.29, 1.82) is 0 Å². The Labute approximate surface area is 176 Å². The van der Waals surface area contributed by atoms with Gasteiger partial charge in [0, 0.05) is 25.4 Å². The maximum Gasteiger partial charge on any atom is 0.410 e. The Kier molecular flexibility index (Phi) is 6.43. The highest BCUT2D eigenvalue weighted by Crippen LogP contribution is 2.29. The number of amides is 2. The molecule has 0 N–H and O–H groups in total. The third-order valence-corrected chi connectivity index (χ3v) is 6.91. The second-order valence-electron chi connectivity index (χ2n) is 8.20. The van der Waals surface area contributed by atoms with E-state index in [-0.39, 0.29) is 39.6 Å². The standard InChI is InChI=1S/C20H27ClN2O5S/c1-13(2)10-15-12-28-20(25)23(15)14-6-8-22(9-7-14)19(24)17-5-4-16(11-18(17)21)29(3,26)27/h4-5,11,13-15H,6-10,12H2,1-3H3/t15-/m1/s1. The van der Waals surface area contributed by atoms with E-state index in [1.807, 2.05) is 4.90 Å². The predicted octanol–water partition coefficient (Wildman–Crippen LogP) is 3.22. The number of carbonyl (C=O) groups is 2. The zero-order valence-electron chi connectivity index (χ0n) is 16.9. The third-order valence-electron chi connectivity index (χ3n) is 5.49. The molecule has 1 atom stereocenters. The van der Waals surface area contributed by atoms with Crippen LogP contribution in [0.1, 0.15) is 43.5 Å². The highest BCUT2D eigenvalue weighted by atomic mass is 35.5. The maximum atomic E-state index is 12.9. The van der Waals surface area contributed by atoms with Crippen LogP contribution in [0.3, 0.4) is 0 Å². The molecule has 1 aromatic carbocycles. The largest absolute Gasteiger partial charge is 0.447 e. The topological polar surface area (TPSA) is 84.0 Å². The first-order valence-corrected chi connectivity index (χ1v) is 12.1. The minimum absolute atomic E-state index is 0.0564. The van der Waals surface area contributed by atoms with Crippen LogP contribution in [0.15, 0.2) is 23.1 Å². The van der Waals surface area contributed by atoms with E-state index in [9.17, 15) is 18.0 Å². The van der Waals surface area contributed by atoms with Crippen molar-refractivity contribution in [2.45, 2.75) is 50.1 Å². The number of likely N-dealkylation sites (tertiary alicyclic amines) is 1. The van der Waals surface area contributed by atoms with Gasteiger partial charge < -0.3 is 9.64 Å². The van der Waals surface area contributed by atoms with Crippen LogP contribution < -0.4 is 0 Å². The Morgan fingerprint density at radius 3 is 2.48 bits per heavy atom. The number of halogens is 1. The predicted molar refractivity (Wildman–Crippen MR) is 110 cm³/mol. The molecule has 160 valence electrons. The van der Waals surface area contributed by atoms with E-state index in [0.717, 1.165) is 12.7 Å². The quantitative estimate of drug-likeness (QED) is 0.699. The lowest BCUT2D eigenvalue weighted by Gasteiger charge is -2.38. The summed E-state index contributed by atoms with van der Waals surface area (Å²) in [5.41, 5.74) is 0.288. The summed E-state index contributed by atoms with van der Waals surface area (Å²) in [5.74, 6) is 0.243. The highest BCUT2D eigenvalue weighted by Gasteiger charge is 2.40. The van der Waals surface area contributed by atoms with Crippen LogP contribution >= 0.6 is 11.6 Å². The Morgan fingerprint density at radius 2 is 1.93 bits per heavy atom. The number of ether oxygens (including phenoxy) is 1. The van der Waals surface area contributed by atoms with Crippen LogP contribution in [0.4, 0.5) is 4.79 Å². The molecule has 1 aromatic rings. The second-order valence-corrected chi connectivity index (χ2v) is 10.6. The van der Waals surface area contributed by atoms with Gasteiger partial charge in [0.2, 0.25) is 0 Å². The van der Waals surface area contributed by atoms with Crippen molar-refractivity contribution < 1.29 is 22.7 Å². The zero-order valence-corrected chi connectivity index (χ0v) is 18.5. The first-order chi connectivity index (χ1) is 13.6. The average molecular weight is 443 g/mol. The van der Waals surface area contributed by atoms with Crippen molar-refractivity contribution in [3.8, 4) is 0 Å². The summed E-state index contributed by atoms with van der Waals surface area (Å²) >= 11 is 6.19. The number of rotatable bonds is 5.